The summed E-state index contributed by atoms with van der Waals surface area (Å²) in [5.41, 5.74) is 0.917. The van der Waals surface area contributed by atoms with Crippen LogP contribution in [0.2, 0.25) is 0 Å². The van der Waals surface area contributed by atoms with E-state index < -0.39 is 0 Å². The molecule has 3 aromatic rings. The van der Waals surface area contributed by atoms with Gasteiger partial charge in [0.2, 0.25) is 0 Å². The number of aromatic nitrogens is 3. The lowest BCUT2D eigenvalue weighted by molar-refractivity contribution is 0.415. The smallest absolute Gasteiger partial charge is 0.192 e. The quantitative estimate of drug-likeness (QED) is 0.272. The summed E-state index contributed by atoms with van der Waals surface area (Å²) < 4.78 is 10.5. The van der Waals surface area contributed by atoms with Gasteiger partial charge in [-0.1, -0.05) is 0 Å². The second-order valence-electron chi connectivity index (χ2n) is 5.46. The Bertz CT molecular complexity index is 830. The fourth-order valence-electron chi connectivity index (χ4n) is 2.31. The van der Waals surface area contributed by atoms with Crippen molar-refractivity contribution < 1.29 is 9.15 Å². The van der Waals surface area contributed by atoms with Crippen molar-refractivity contribution in [2.45, 2.75) is 20.0 Å². The number of nitrogens with zero attached hydrogens (tertiary/aromatic N) is 3. The van der Waals surface area contributed by atoms with Crippen molar-refractivity contribution in [1.82, 2.24) is 25.8 Å². The number of aliphatic imine (C=N–C) groups is 1. The van der Waals surface area contributed by atoms with Crippen LogP contribution in [-0.4, -0.2) is 34.8 Å². The van der Waals surface area contributed by atoms with Crippen LogP contribution in [0, 0.1) is 0 Å². The van der Waals surface area contributed by atoms with Crippen molar-refractivity contribution in [1.29, 1.82) is 0 Å². The maximum absolute atomic E-state index is 5.31. The number of furan rings is 1. The highest BCUT2D eigenvalue weighted by Crippen LogP contribution is 2.18. The van der Waals surface area contributed by atoms with Crippen molar-refractivity contribution in [3.63, 3.8) is 0 Å². The predicted molar refractivity (Wildman–Crippen MR) is 114 cm³/mol. The Morgan fingerprint density at radius 2 is 2.04 bits per heavy atom. The second kappa shape index (κ2) is 10.6. The minimum Gasteiger partial charge on any atom is -0.497 e. The molecule has 0 spiro atoms. The van der Waals surface area contributed by atoms with Gasteiger partial charge in [0.1, 0.15) is 23.9 Å². The van der Waals surface area contributed by atoms with Gasteiger partial charge in [-0.2, -0.15) is 5.10 Å². The molecule has 0 fully saturated rings. The van der Waals surface area contributed by atoms with Gasteiger partial charge in [0, 0.05) is 12.1 Å². The average Bonchev–Trinajstić information content (AvgIpc) is 3.36. The van der Waals surface area contributed by atoms with Gasteiger partial charge in [0.25, 0.3) is 0 Å². The van der Waals surface area contributed by atoms with Gasteiger partial charge < -0.3 is 19.8 Å². The topological polar surface area (TPSA) is 100 Å². The van der Waals surface area contributed by atoms with E-state index in [0.29, 0.717) is 30.7 Å². The van der Waals surface area contributed by atoms with Crippen molar-refractivity contribution in [2.24, 2.45) is 4.99 Å². The lowest BCUT2D eigenvalue weighted by Gasteiger charge is -2.09. The molecule has 0 aliphatic carbocycles. The van der Waals surface area contributed by atoms with Gasteiger partial charge in [0.15, 0.2) is 11.8 Å². The first kappa shape index (κ1) is 20.7. The van der Waals surface area contributed by atoms with Gasteiger partial charge in [-0.15, -0.1) is 24.0 Å². The molecule has 0 radical (unpaired) electrons. The van der Waals surface area contributed by atoms with Gasteiger partial charge in [-0.3, -0.25) is 5.10 Å². The predicted octanol–water partition coefficient (Wildman–Crippen LogP) is 2.95. The van der Waals surface area contributed by atoms with Gasteiger partial charge in [0.05, 0.1) is 19.9 Å². The van der Waals surface area contributed by atoms with E-state index in [1.807, 2.05) is 43.3 Å². The lowest BCUT2D eigenvalue weighted by atomic mass is 10.2. The summed E-state index contributed by atoms with van der Waals surface area (Å²) in [5.74, 6) is 3.65. The molecule has 0 atom stereocenters. The Morgan fingerprint density at radius 3 is 2.70 bits per heavy atom. The van der Waals surface area contributed by atoms with Crippen LogP contribution >= 0.6 is 24.0 Å². The molecule has 3 rings (SSSR count). The molecule has 144 valence electrons. The number of methoxy groups -OCH3 is 1. The highest BCUT2D eigenvalue weighted by atomic mass is 127. The third kappa shape index (κ3) is 5.98. The SMILES string of the molecule is CCNC(=NCc1nc(-c2ccc(OC)cc2)n[nH]1)NCc1ccco1.I. The molecule has 2 heterocycles. The first-order chi connectivity index (χ1) is 12.8. The molecule has 0 saturated heterocycles. The first-order valence-corrected chi connectivity index (χ1v) is 8.38. The molecule has 2 aromatic heterocycles. The molecule has 9 heteroatoms. The Morgan fingerprint density at radius 1 is 1.22 bits per heavy atom. The molecule has 0 unspecified atom stereocenters. The zero-order chi connectivity index (χ0) is 18.2. The minimum absolute atomic E-state index is 0. The van der Waals surface area contributed by atoms with Crippen LogP contribution in [0.4, 0.5) is 0 Å². The number of nitrogens with one attached hydrogen (secondary N) is 3. The van der Waals surface area contributed by atoms with E-state index in [2.05, 4.69) is 30.8 Å². The van der Waals surface area contributed by atoms with Crippen molar-refractivity contribution >= 4 is 29.9 Å². The molecule has 0 saturated carbocycles. The van der Waals surface area contributed by atoms with E-state index in [1.54, 1.807) is 13.4 Å². The molecule has 3 N–H and O–H groups in total. The minimum atomic E-state index is 0. The summed E-state index contributed by atoms with van der Waals surface area (Å²) in [4.78, 5) is 9.01. The zero-order valence-electron chi connectivity index (χ0n) is 15.2. The van der Waals surface area contributed by atoms with E-state index >= 15 is 0 Å². The van der Waals surface area contributed by atoms with Crippen LogP contribution in [0.25, 0.3) is 11.4 Å². The second-order valence-corrected chi connectivity index (χ2v) is 5.46. The summed E-state index contributed by atoms with van der Waals surface area (Å²) in [7, 11) is 1.64. The maximum atomic E-state index is 5.31. The lowest BCUT2D eigenvalue weighted by Crippen LogP contribution is -2.36. The Labute approximate surface area is 174 Å². The summed E-state index contributed by atoms with van der Waals surface area (Å²) in [6.07, 6.45) is 1.65. The van der Waals surface area contributed by atoms with E-state index in [0.717, 1.165) is 23.6 Å². The number of H-pyrrole nitrogens is 1. The highest BCUT2D eigenvalue weighted by Gasteiger charge is 2.07. The molecule has 1 aromatic carbocycles. The van der Waals surface area contributed by atoms with Gasteiger partial charge in [-0.25, -0.2) is 9.98 Å². The maximum Gasteiger partial charge on any atom is 0.192 e. The standard InChI is InChI=1S/C18H22N6O2.HI/c1-3-19-18(20-11-15-5-4-10-26-15)21-12-16-22-17(24-23-16)13-6-8-14(25-2)9-7-13;/h4-10H,3,11-12H2,1-2H3,(H2,19,20,21)(H,22,23,24);1H. The fourth-order valence-corrected chi connectivity index (χ4v) is 2.31. The Balaban J connectivity index is 0.00000261. The number of hydrogen-bond donors (Lipinski definition) is 3. The van der Waals surface area contributed by atoms with E-state index in [9.17, 15) is 0 Å². The van der Waals surface area contributed by atoms with Gasteiger partial charge in [-0.05, 0) is 43.3 Å². The summed E-state index contributed by atoms with van der Waals surface area (Å²) >= 11 is 0. The molecular weight excluding hydrogens is 459 g/mol. The van der Waals surface area contributed by atoms with Crippen molar-refractivity contribution in [2.75, 3.05) is 13.7 Å². The summed E-state index contributed by atoms with van der Waals surface area (Å²) in [6, 6.07) is 11.4. The summed E-state index contributed by atoms with van der Waals surface area (Å²) in [5, 5.41) is 13.6. The van der Waals surface area contributed by atoms with Crippen LogP contribution in [0.3, 0.4) is 0 Å². The van der Waals surface area contributed by atoms with Crippen LogP contribution < -0.4 is 15.4 Å². The van der Waals surface area contributed by atoms with Crippen molar-refractivity contribution in [3.8, 4) is 17.1 Å². The molecule has 0 amide bonds. The zero-order valence-corrected chi connectivity index (χ0v) is 17.6. The third-order valence-corrected chi connectivity index (χ3v) is 3.62. The molecule has 0 aliphatic heterocycles. The Kier molecular flexibility index (Phi) is 8.11. The number of ether oxygens (including phenoxy) is 1. The normalized spacial score (nSPS) is 11.0. The van der Waals surface area contributed by atoms with E-state index in [4.69, 9.17) is 9.15 Å². The van der Waals surface area contributed by atoms with E-state index in [-0.39, 0.29) is 24.0 Å². The number of rotatable bonds is 7. The number of guanidine groups is 1. The first-order valence-electron chi connectivity index (χ1n) is 8.38. The van der Waals surface area contributed by atoms with Crippen LogP contribution in [0.1, 0.15) is 18.5 Å². The third-order valence-electron chi connectivity index (χ3n) is 3.62. The highest BCUT2D eigenvalue weighted by molar-refractivity contribution is 14.0. The van der Waals surface area contributed by atoms with Crippen LogP contribution in [-0.2, 0) is 13.1 Å². The van der Waals surface area contributed by atoms with Gasteiger partial charge >= 0.3 is 0 Å². The number of halogens is 1. The number of aromatic amines is 1. The molecular formula is C18H23IN6O2. The Hall–Kier alpha value is -2.56. The molecule has 8 nitrogen and oxygen atoms in total. The monoisotopic (exact) mass is 482 g/mol. The molecule has 27 heavy (non-hydrogen) atoms. The van der Waals surface area contributed by atoms with Crippen LogP contribution in [0.5, 0.6) is 5.75 Å². The largest absolute Gasteiger partial charge is 0.497 e. The van der Waals surface area contributed by atoms with Crippen LogP contribution in [0.15, 0.2) is 52.1 Å². The van der Waals surface area contributed by atoms with Crippen molar-refractivity contribution in [3.05, 3.63) is 54.2 Å². The van der Waals surface area contributed by atoms with E-state index in [1.165, 1.54) is 0 Å². The number of hydrogen-bond acceptors (Lipinski definition) is 5. The average molecular weight is 482 g/mol. The molecule has 0 aliphatic rings. The number of benzene rings is 1. The summed E-state index contributed by atoms with van der Waals surface area (Å²) in [6.45, 7) is 3.72. The molecule has 0 bridgehead atoms. The fraction of sp³-hybridized carbons (Fsp3) is 0.278.